The minimum absolute atomic E-state index is 0.158. The average Bonchev–Trinajstić information content (AvgIpc) is 3.62. The second kappa shape index (κ2) is 11.1. The Morgan fingerprint density at radius 2 is 0.878 bits per heavy atom. The third-order valence-electron chi connectivity index (χ3n) is 9.51. The van der Waals surface area contributed by atoms with Crippen LogP contribution in [0.25, 0.3) is 98.8 Å². The van der Waals surface area contributed by atoms with E-state index in [-0.39, 0.29) is 51.3 Å². The normalized spacial score (nSPS) is 14.0. The van der Waals surface area contributed by atoms with E-state index in [1.807, 2.05) is 127 Å². The predicted molar refractivity (Wildman–Crippen MR) is 208 cm³/mol. The van der Waals surface area contributed by atoms with Gasteiger partial charge in [0.25, 0.3) is 0 Å². The molecule has 1 heteroatoms. The molecule has 0 N–H and O–H groups in total. The molecule has 0 unspecified atom stereocenters. The predicted octanol–water partition coefficient (Wildman–Crippen LogP) is 13.7. The first-order valence-electron chi connectivity index (χ1n) is 20.2. The Bertz CT molecular complexity index is 3240. The maximum Gasteiger partial charge on any atom is 0.136 e. The lowest BCUT2D eigenvalue weighted by Gasteiger charge is -2.20. The smallest absolute Gasteiger partial charge is 0.136 e. The highest BCUT2D eigenvalue weighted by Crippen LogP contribution is 2.48. The Labute approximate surface area is 295 Å². The van der Waals surface area contributed by atoms with E-state index in [9.17, 15) is 5.48 Å². The molecule has 0 saturated heterocycles. The van der Waals surface area contributed by atoms with Crippen molar-refractivity contribution in [3.05, 3.63) is 182 Å². The molecule has 49 heavy (non-hydrogen) atoms. The summed E-state index contributed by atoms with van der Waals surface area (Å²) in [5, 5.41) is 4.06. The Morgan fingerprint density at radius 3 is 1.55 bits per heavy atom. The van der Waals surface area contributed by atoms with Gasteiger partial charge in [0.05, 0.1) is 11.0 Å². The molecular formula is C48H30O. The van der Waals surface area contributed by atoms with Gasteiger partial charge in [0.1, 0.15) is 11.2 Å². The second-order valence-electron chi connectivity index (χ2n) is 12.2. The van der Waals surface area contributed by atoms with Gasteiger partial charge in [-0.1, -0.05) is 164 Å². The van der Waals surface area contributed by atoms with E-state index >= 15 is 0 Å². The third-order valence-corrected chi connectivity index (χ3v) is 9.51. The zero-order valence-corrected chi connectivity index (χ0v) is 26.1. The number of hydrogen-bond donors (Lipinski definition) is 0. The summed E-state index contributed by atoms with van der Waals surface area (Å²) < 4.78 is 80.3. The van der Waals surface area contributed by atoms with Crippen molar-refractivity contribution < 1.29 is 15.4 Å². The molecule has 0 aliphatic rings. The molecule has 0 spiro atoms. The summed E-state index contributed by atoms with van der Waals surface area (Å²) in [7, 11) is 0. The summed E-state index contributed by atoms with van der Waals surface area (Å²) in [5.74, 6) is 0. The molecule has 0 aliphatic heterocycles. The standard InChI is InChI=1S/C48H30O/c1-2-13-31(14-3-1)32-25-27-33(28-26-32)36-17-6-7-18-37(36)46-38-19-8-10-21-40(38)47(41-22-11-9-20-39(41)46)42-23-12-24-44-48(42)43-29-34-15-4-5-16-35(34)30-45(43)49-44/h1-30H/i8D,9D,10D,11D,19D,20D,21D,22D. The maximum atomic E-state index is 9.53. The van der Waals surface area contributed by atoms with E-state index in [0.717, 1.165) is 38.4 Å². The zero-order chi connectivity index (χ0) is 39.3. The van der Waals surface area contributed by atoms with E-state index < -0.39 is 24.2 Å². The van der Waals surface area contributed by atoms with Gasteiger partial charge in [-0.3, -0.25) is 0 Å². The number of hydrogen-bond acceptors (Lipinski definition) is 1. The molecule has 0 fully saturated rings. The van der Waals surface area contributed by atoms with Crippen LogP contribution in [0.2, 0.25) is 0 Å². The van der Waals surface area contributed by atoms with Gasteiger partial charge in [-0.15, -0.1) is 0 Å². The van der Waals surface area contributed by atoms with E-state index in [1.165, 1.54) is 0 Å². The van der Waals surface area contributed by atoms with Crippen molar-refractivity contribution >= 4 is 54.3 Å². The fourth-order valence-electron chi connectivity index (χ4n) is 7.31. The van der Waals surface area contributed by atoms with Crippen molar-refractivity contribution in [2.75, 3.05) is 0 Å². The van der Waals surface area contributed by atoms with Crippen LogP contribution >= 0.6 is 0 Å². The van der Waals surface area contributed by atoms with Crippen LogP contribution in [0.15, 0.2) is 186 Å². The first kappa shape index (κ1) is 20.7. The van der Waals surface area contributed by atoms with Crippen molar-refractivity contribution in [2.45, 2.75) is 0 Å². The van der Waals surface area contributed by atoms with Crippen molar-refractivity contribution in [3.63, 3.8) is 0 Å². The van der Waals surface area contributed by atoms with E-state index in [4.69, 9.17) is 9.90 Å². The average molecular weight is 631 g/mol. The summed E-state index contributed by atoms with van der Waals surface area (Å²) in [6.07, 6.45) is 0. The van der Waals surface area contributed by atoms with Gasteiger partial charge in [0, 0.05) is 10.8 Å². The van der Waals surface area contributed by atoms with E-state index in [2.05, 4.69) is 0 Å². The lowest BCUT2D eigenvalue weighted by molar-refractivity contribution is 0.669. The van der Waals surface area contributed by atoms with Crippen molar-refractivity contribution in [1.29, 1.82) is 0 Å². The number of rotatable bonds is 4. The van der Waals surface area contributed by atoms with Crippen LogP contribution < -0.4 is 0 Å². The monoisotopic (exact) mass is 630 g/mol. The highest BCUT2D eigenvalue weighted by molar-refractivity contribution is 6.26. The van der Waals surface area contributed by atoms with Gasteiger partial charge in [-0.25, -0.2) is 0 Å². The van der Waals surface area contributed by atoms with E-state index in [0.29, 0.717) is 33.2 Å². The van der Waals surface area contributed by atoms with Gasteiger partial charge < -0.3 is 4.42 Å². The number of fused-ring (bicyclic) bond motifs is 6. The molecule has 0 atom stereocenters. The summed E-state index contributed by atoms with van der Waals surface area (Å²) in [6, 6.07) is 40.0. The Morgan fingerprint density at radius 1 is 0.367 bits per heavy atom. The second-order valence-corrected chi connectivity index (χ2v) is 12.2. The van der Waals surface area contributed by atoms with Crippen LogP contribution in [0.3, 0.4) is 0 Å². The molecular weight excluding hydrogens is 593 g/mol. The number of furan rings is 1. The van der Waals surface area contributed by atoms with Gasteiger partial charge in [0.2, 0.25) is 0 Å². The molecule has 1 nitrogen and oxygen atoms in total. The molecule has 10 aromatic rings. The molecule has 0 radical (unpaired) electrons. The molecule has 0 amide bonds. The lowest BCUT2D eigenvalue weighted by Crippen LogP contribution is -1.93. The van der Waals surface area contributed by atoms with Gasteiger partial charge in [-0.05, 0) is 95.0 Å². The molecule has 1 aromatic heterocycles. The van der Waals surface area contributed by atoms with Crippen LogP contribution in [0, 0.1) is 0 Å². The summed E-state index contributed by atoms with van der Waals surface area (Å²) in [6.45, 7) is 0. The van der Waals surface area contributed by atoms with Crippen molar-refractivity contribution in [2.24, 2.45) is 0 Å². The SMILES string of the molecule is [2H]c1c([2H])c([2H])c2c(-c3cccc4oc5cc6ccccc6cc5c34)c3c([2H])c([2H])c([2H])c([2H])c3c(-c3ccccc3-c3ccc(-c4ccccc4)cc3)c2c1[2H]. The Kier molecular flexibility index (Phi) is 4.69. The molecule has 1 heterocycles. The molecule has 0 bridgehead atoms. The molecule has 10 rings (SSSR count). The van der Waals surface area contributed by atoms with Gasteiger partial charge >= 0.3 is 0 Å². The van der Waals surface area contributed by atoms with Gasteiger partial charge in [0.15, 0.2) is 0 Å². The largest absolute Gasteiger partial charge is 0.456 e. The number of benzene rings is 9. The minimum atomic E-state index is -0.445. The quantitative estimate of drug-likeness (QED) is 0.176. The van der Waals surface area contributed by atoms with Crippen LogP contribution in [0.5, 0.6) is 0 Å². The fourth-order valence-corrected chi connectivity index (χ4v) is 7.31. The van der Waals surface area contributed by atoms with Crippen molar-refractivity contribution in [3.8, 4) is 44.5 Å². The first-order chi connectivity index (χ1) is 27.6. The van der Waals surface area contributed by atoms with Crippen LogP contribution in [0.4, 0.5) is 0 Å². The lowest BCUT2D eigenvalue weighted by atomic mass is 9.83. The first-order valence-corrected chi connectivity index (χ1v) is 16.2. The topological polar surface area (TPSA) is 13.1 Å². The molecule has 0 saturated carbocycles. The maximum absolute atomic E-state index is 9.53. The molecule has 228 valence electrons. The highest BCUT2D eigenvalue weighted by Gasteiger charge is 2.21. The Balaban J connectivity index is 1.39. The summed E-state index contributed by atoms with van der Waals surface area (Å²) in [5.41, 5.74) is 6.50. The van der Waals surface area contributed by atoms with Crippen LogP contribution in [-0.4, -0.2) is 0 Å². The van der Waals surface area contributed by atoms with Crippen LogP contribution in [-0.2, 0) is 0 Å². The molecule has 0 aliphatic carbocycles. The van der Waals surface area contributed by atoms with Crippen LogP contribution in [0.1, 0.15) is 11.0 Å². The summed E-state index contributed by atoms with van der Waals surface area (Å²) >= 11 is 0. The highest BCUT2D eigenvalue weighted by atomic mass is 16.3. The van der Waals surface area contributed by atoms with Gasteiger partial charge in [-0.2, -0.15) is 0 Å². The fraction of sp³-hybridized carbons (Fsp3) is 0. The van der Waals surface area contributed by atoms with Crippen molar-refractivity contribution in [1.82, 2.24) is 0 Å². The molecule has 9 aromatic carbocycles. The minimum Gasteiger partial charge on any atom is -0.456 e. The zero-order valence-electron chi connectivity index (χ0n) is 34.1. The Hall–Kier alpha value is -6.44. The third kappa shape index (κ3) is 4.40. The summed E-state index contributed by atoms with van der Waals surface area (Å²) in [4.78, 5) is 0. The van der Waals surface area contributed by atoms with E-state index in [1.54, 1.807) is 6.07 Å².